The molecule has 0 aliphatic carbocycles. The first kappa shape index (κ1) is 20.5. The van der Waals surface area contributed by atoms with Gasteiger partial charge < -0.3 is 10.6 Å². The maximum atomic E-state index is 12.8. The number of benzene rings is 2. The van der Waals surface area contributed by atoms with Crippen molar-refractivity contribution >= 4 is 41.0 Å². The fourth-order valence-electron chi connectivity index (χ4n) is 1.92. The van der Waals surface area contributed by atoms with E-state index in [9.17, 15) is 18.8 Å². The average Bonchev–Trinajstić information content (AvgIpc) is 2.65. The van der Waals surface area contributed by atoms with E-state index in [-0.39, 0.29) is 29.5 Å². The molecule has 0 aliphatic heterocycles. The number of hydrogen-bond donors (Lipinski definition) is 4. The van der Waals surface area contributed by atoms with Crippen LogP contribution >= 0.6 is 23.2 Å². The second-order valence-corrected chi connectivity index (χ2v) is 6.13. The van der Waals surface area contributed by atoms with Gasteiger partial charge in [0.2, 0.25) is 0 Å². The van der Waals surface area contributed by atoms with E-state index < -0.39 is 17.8 Å². The van der Waals surface area contributed by atoms with Crippen LogP contribution in [0.5, 0.6) is 0 Å². The number of carbonyl (C=O) groups excluding carboxylic acids is 3. The van der Waals surface area contributed by atoms with Gasteiger partial charge in [-0.25, -0.2) is 9.18 Å². The number of amides is 4. The van der Waals surface area contributed by atoms with Gasteiger partial charge in [0.05, 0.1) is 10.6 Å². The largest absolute Gasteiger partial charge is 0.334 e. The van der Waals surface area contributed by atoms with E-state index in [1.807, 2.05) is 0 Å². The molecule has 0 spiro atoms. The highest BCUT2D eigenvalue weighted by atomic mass is 35.5. The Morgan fingerprint density at radius 1 is 0.926 bits per heavy atom. The van der Waals surface area contributed by atoms with E-state index in [2.05, 4.69) is 21.5 Å². The van der Waals surface area contributed by atoms with Gasteiger partial charge >= 0.3 is 6.03 Å². The summed E-state index contributed by atoms with van der Waals surface area (Å²) in [6, 6.07) is 9.33. The molecule has 2 rings (SSSR count). The third-order valence-corrected chi connectivity index (χ3v) is 3.83. The van der Waals surface area contributed by atoms with Crippen LogP contribution in [-0.2, 0) is 11.3 Å². The fourth-order valence-corrected chi connectivity index (χ4v) is 2.29. The Morgan fingerprint density at radius 2 is 1.63 bits per heavy atom. The minimum absolute atomic E-state index is 0.0921. The lowest BCUT2D eigenvalue weighted by Gasteiger charge is -2.10. The zero-order chi connectivity index (χ0) is 19.8. The molecule has 0 saturated heterocycles. The number of halogens is 3. The summed E-state index contributed by atoms with van der Waals surface area (Å²) in [7, 11) is 0. The van der Waals surface area contributed by atoms with Gasteiger partial charge in [0.1, 0.15) is 12.4 Å². The molecule has 0 aliphatic rings. The molecule has 0 aromatic heterocycles. The van der Waals surface area contributed by atoms with Gasteiger partial charge in [-0.15, -0.1) is 0 Å². The van der Waals surface area contributed by atoms with Gasteiger partial charge in [-0.3, -0.25) is 20.4 Å². The molecular formula is C17H15Cl2FN4O3. The third kappa shape index (κ3) is 6.76. The minimum atomic E-state index is -0.656. The van der Waals surface area contributed by atoms with E-state index in [0.717, 1.165) is 0 Å². The molecule has 7 nitrogen and oxygen atoms in total. The van der Waals surface area contributed by atoms with Crippen LogP contribution in [0.4, 0.5) is 9.18 Å². The van der Waals surface area contributed by atoms with Crippen molar-refractivity contribution in [2.75, 3.05) is 6.54 Å². The van der Waals surface area contributed by atoms with Crippen LogP contribution in [0, 0.1) is 5.82 Å². The van der Waals surface area contributed by atoms with E-state index >= 15 is 0 Å². The predicted octanol–water partition coefficient (Wildman–Crippen LogP) is 2.39. The molecular weight excluding hydrogens is 398 g/mol. The number of carbonyl (C=O) groups is 3. The molecule has 2 aromatic rings. The predicted molar refractivity (Wildman–Crippen MR) is 98.7 cm³/mol. The lowest BCUT2D eigenvalue weighted by atomic mass is 10.2. The summed E-state index contributed by atoms with van der Waals surface area (Å²) in [5, 5.41) is 5.31. The number of hydrogen-bond acceptors (Lipinski definition) is 3. The number of hydrazine groups is 1. The number of nitrogens with one attached hydrogen (secondary N) is 4. The molecule has 142 valence electrons. The zero-order valence-corrected chi connectivity index (χ0v) is 15.3. The van der Waals surface area contributed by atoms with Crippen LogP contribution in [-0.4, -0.2) is 24.4 Å². The average molecular weight is 413 g/mol. The second kappa shape index (κ2) is 9.75. The highest BCUT2D eigenvalue weighted by Crippen LogP contribution is 2.20. The summed E-state index contributed by atoms with van der Waals surface area (Å²) >= 11 is 11.7. The Bertz CT molecular complexity index is 847. The number of urea groups is 1. The highest BCUT2D eigenvalue weighted by molar-refractivity contribution is 6.35. The molecule has 27 heavy (non-hydrogen) atoms. The Balaban J connectivity index is 1.70. The van der Waals surface area contributed by atoms with Crippen LogP contribution in [0.2, 0.25) is 10.0 Å². The van der Waals surface area contributed by atoms with Crippen molar-refractivity contribution in [1.29, 1.82) is 0 Å². The van der Waals surface area contributed by atoms with Gasteiger partial charge in [-0.1, -0.05) is 35.3 Å². The van der Waals surface area contributed by atoms with E-state index in [1.165, 1.54) is 42.5 Å². The quantitative estimate of drug-likeness (QED) is 0.567. The van der Waals surface area contributed by atoms with Crippen LogP contribution < -0.4 is 21.5 Å². The van der Waals surface area contributed by atoms with E-state index in [0.29, 0.717) is 10.6 Å². The maximum absolute atomic E-state index is 12.8. The van der Waals surface area contributed by atoms with Crippen LogP contribution in [0.25, 0.3) is 0 Å². The fraction of sp³-hybridized carbons (Fsp3) is 0.118. The van der Waals surface area contributed by atoms with Crippen LogP contribution in [0.15, 0.2) is 42.5 Å². The molecule has 0 fully saturated rings. The summed E-state index contributed by atoms with van der Waals surface area (Å²) in [6.07, 6.45) is 0. The zero-order valence-electron chi connectivity index (χ0n) is 13.8. The van der Waals surface area contributed by atoms with Gasteiger partial charge in [0.15, 0.2) is 0 Å². The van der Waals surface area contributed by atoms with E-state index in [4.69, 9.17) is 23.2 Å². The Hall–Kier alpha value is -2.84. The first-order valence-corrected chi connectivity index (χ1v) is 8.41. The molecule has 4 N–H and O–H groups in total. The topological polar surface area (TPSA) is 99.3 Å². The second-order valence-electron chi connectivity index (χ2n) is 5.29. The van der Waals surface area contributed by atoms with Crippen molar-refractivity contribution in [2.45, 2.75) is 6.54 Å². The highest BCUT2D eigenvalue weighted by Gasteiger charge is 2.12. The third-order valence-electron chi connectivity index (χ3n) is 3.26. The lowest BCUT2D eigenvalue weighted by molar-refractivity contribution is -0.120. The lowest BCUT2D eigenvalue weighted by Crippen LogP contribution is -2.47. The smallest absolute Gasteiger partial charge is 0.315 e. The standard InChI is InChI=1S/C17H15Cl2FN4O3/c18-11-3-6-14(19)13(7-11)16(26)24-23-15(25)9-22-17(27)21-8-10-1-4-12(20)5-2-10/h1-7H,8-9H2,(H,23,25)(H,24,26)(H2,21,22,27). The molecule has 2 aromatic carbocycles. The maximum Gasteiger partial charge on any atom is 0.315 e. The summed E-state index contributed by atoms with van der Waals surface area (Å²) in [5.41, 5.74) is 5.09. The molecule has 0 heterocycles. The monoisotopic (exact) mass is 412 g/mol. The first-order chi connectivity index (χ1) is 12.8. The van der Waals surface area contributed by atoms with Gasteiger partial charge in [-0.2, -0.15) is 0 Å². The van der Waals surface area contributed by atoms with Crippen LogP contribution in [0.3, 0.4) is 0 Å². The molecule has 0 bridgehead atoms. The first-order valence-electron chi connectivity index (χ1n) is 7.65. The van der Waals surface area contributed by atoms with Crippen molar-refractivity contribution in [2.24, 2.45) is 0 Å². The Labute approximate surface area is 164 Å². The normalized spacial score (nSPS) is 10.0. The van der Waals surface area contributed by atoms with Gasteiger partial charge in [0, 0.05) is 11.6 Å². The van der Waals surface area contributed by atoms with E-state index in [1.54, 1.807) is 0 Å². The van der Waals surface area contributed by atoms with Crippen molar-refractivity contribution in [3.63, 3.8) is 0 Å². The SMILES string of the molecule is O=C(CNC(=O)NCc1ccc(F)cc1)NNC(=O)c1cc(Cl)ccc1Cl. The summed E-state index contributed by atoms with van der Waals surface area (Å²) in [5.74, 6) is -1.68. The van der Waals surface area contributed by atoms with Crippen molar-refractivity contribution < 1.29 is 18.8 Å². The Morgan fingerprint density at radius 3 is 2.33 bits per heavy atom. The van der Waals surface area contributed by atoms with Crippen LogP contribution in [0.1, 0.15) is 15.9 Å². The summed E-state index contributed by atoms with van der Waals surface area (Å²) in [4.78, 5) is 35.3. The summed E-state index contributed by atoms with van der Waals surface area (Å²) in [6.45, 7) is -0.212. The van der Waals surface area contributed by atoms with Gasteiger partial charge in [-0.05, 0) is 35.9 Å². The molecule has 10 heteroatoms. The van der Waals surface area contributed by atoms with Crippen molar-refractivity contribution in [3.05, 3.63) is 69.5 Å². The van der Waals surface area contributed by atoms with Crippen molar-refractivity contribution in [1.82, 2.24) is 21.5 Å². The Kier molecular flexibility index (Phi) is 7.39. The molecule has 0 saturated carbocycles. The summed E-state index contributed by atoms with van der Waals surface area (Å²) < 4.78 is 12.8. The molecule has 0 radical (unpaired) electrons. The molecule has 0 unspecified atom stereocenters. The van der Waals surface area contributed by atoms with Crippen molar-refractivity contribution in [3.8, 4) is 0 Å². The minimum Gasteiger partial charge on any atom is -0.334 e. The number of rotatable bonds is 5. The molecule has 4 amide bonds. The van der Waals surface area contributed by atoms with Gasteiger partial charge in [0.25, 0.3) is 11.8 Å². The molecule has 0 atom stereocenters.